The highest BCUT2D eigenvalue weighted by Crippen LogP contribution is 2.70. The molecule has 0 aromatic heterocycles. The van der Waals surface area contributed by atoms with Crippen molar-refractivity contribution in [2.24, 2.45) is 16.6 Å². The average molecular weight is 191 g/mol. The molecule has 2 atom stereocenters. The predicted octanol–water partition coefficient (Wildman–Crippen LogP) is 1.87. The van der Waals surface area contributed by atoms with Crippen LogP contribution in [0.3, 0.4) is 0 Å². The Morgan fingerprint density at radius 1 is 0.929 bits per heavy atom. The molecule has 14 heavy (non-hydrogen) atoms. The van der Waals surface area contributed by atoms with E-state index < -0.39 is 0 Å². The molecule has 1 nitrogen and oxygen atoms in total. The average Bonchev–Trinajstić information content (AvgIpc) is 2.49. The molecule has 3 aliphatic carbocycles. The van der Waals surface area contributed by atoms with Crippen molar-refractivity contribution in [1.82, 2.24) is 0 Å². The maximum Gasteiger partial charge on any atom is 0.105 e. The highest BCUT2D eigenvalue weighted by Gasteiger charge is 2.61. The van der Waals surface area contributed by atoms with Gasteiger partial charge in [0.05, 0.1) is 0 Å². The van der Waals surface area contributed by atoms with Gasteiger partial charge in [0.2, 0.25) is 0 Å². The second-order valence-electron chi connectivity index (χ2n) is 6.45. The lowest BCUT2D eigenvalue weighted by atomic mass is 9.60. The Morgan fingerprint density at radius 3 is 1.93 bits per heavy atom. The van der Waals surface area contributed by atoms with E-state index in [0.717, 1.165) is 5.82 Å². The van der Waals surface area contributed by atoms with Gasteiger partial charge in [-0.2, -0.15) is 0 Å². The lowest BCUT2D eigenvalue weighted by Crippen LogP contribution is -2.35. The molecule has 3 aliphatic rings. The van der Waals surface area contributed by atoms with Crippen molar-refractivity contribution in [3.05, 3.63) is 0 Å². The summed E-state index contributed by atoms with van der Waals surface area (Å²) in [5.41, 5.74) is 7.62. The van der Waals surface area contributed by atoms with Crippen molar-refractivity contribution >= 4 is 7.85 Å². The highest BCUT2D eigenvalue weighted by atomic mass is 14.8. The van der Waals surface area contributed by atoms with Crippen LogP contribution in [0.1, 0.15) is 51.4 Å². The smallest absolute Gasteiger partial charge is 0.105 e. The van der Waals surface area contributed by atoms with Crippen LogP contribution in [-0.4, -0.2) is 13.9 Å². The SMILES string of the molecule is BC1CC23CCCCC2(C1)CC(N)C3. The Morgan fingerprint density at radius 2 is 1.43 bits per heavy atom. The van der Waals surface area contributed by atoms with E-state index in [9.17, 15) is 0 Å². The molecule has 78 valence electrons. The quantitative estimate of drug-likeness (QED) is 0.581. The molecule has 0 bridgehead atoms. The maximum atomic E-state index is 6.22. The van der Waals surface area contributed by atoms with Gasteiger partial charge in [-0.05, 0) is 36.5 Å². The first-order chi connectivity index (χ1) is 6.66. The molecule has 0 amide bonds. The van der Waals surface area contributed by atoms with Crippen LogP contribution in [0, 0.1) is 10.8 Å². The Kier molecular flexibility index (Phi) is 1.84. The van der Waals surface area contributed by atoms with Crippen molar-refractivity contribution < 1.29 is 0 Å². The van der Waals surface area contributed by atoms with Crippen LogP contribution in [0.2, 0.25) is 5.82 Å². The third-order valence-electron chi connectivity index (χ3n) is 5.47. The Balaban J connectivity index is 1.98. The second kappa shape index (κ2) is 2.78. The van der Waals surface area contributed by atoms with Crippen molar-refractivity contribution in [3.63, 3.8) is 0 Å². The second-order valence-corrected chi connectivity index (χ2v) is 6.45. The van der Waals surface area contributed by atoms with Crippen LogP contribution in [-0.2, 0) is 0 Å². The largest absolute Gasteiger partial charge is 0.328 e. The van der Waals surface area contributed by atoms with Crippen molar-refractivity contribution in [2.75, 3.05) is 0 Å². The van der Waals surface area contributed by atoms with Crippen LogP contribution in [0.5, 0.6) is 0 Å². The van der Waals surface area contributed by atoms with Crippen LogP contribution in [0.25, 0.3) is 0 Å². The van der Waals surface area contributed by atoms with Crippen LogP contribution in [0.4, 0.5) is 0 Å². The van der Waals surface area contributed by atoms with Crippen LogP contribution in [0.15, 0.2) is 0 Å². The van der Waals surface area contributed by atoms with Gasteiger partial charge in [-0.15, -0.1) is 0 Å². The minimum Gasteiger partial charge on any atom is -0.328 e. The van der Waals surface area contributed by atoms with E-state index in [1.807, 2.05) is 0 Å². The fraction of sp³-hybridized carbons (Fsp3) is 1.00. The summed E-state index contributed by atoms with van der Waals surface area (Å²) in [4.78, 5) is 0. The Hall–Kier alpha value is 0.0249. The molecule has 0 spiro atoms. The maximum absolute atomic E-state index is 6.22. The molecule has 2 unspecified atom stereocenters. The number of rotatable bonds is 0. The van der Waals surface area contributed by atoms with Crippen molar-refractivity contribution in [1.29, 1.82) is 0 Å². The molecule has 2 N–H and O–H groups in total. The Bertz CT molecular complexity index is 213. The molecule has 0 heterocycles. The first-order valence-corrected chi connectivity index (χ1v) is 6.41. The van der Waals surface area contributed by atoms with Crippen LogP contribution < -0.4 is 5.73 Å². The van der Waals surface area contributed by atoms with E-state index >= 15 is 0 Å². The first kappa shape index (κ1) is 9.27. The van der Waals surface area contributed by atoms with Gasteiger partial charge >= 0.3 is 0 Å². The zero-order valence-corrected chi connectivity index (χ0v) is 9.39. The molecular weight excluding hydrogens is 169 g/mol. The molecule has 3 fully saturated rings. The lowest BCUT2D eigenvalue weighted by molar-refractivity contribution is 0.0520. The molecular formula is C12H22BN. The fourth-order valence-electron chi connectivity index (χ4n) is 5.38. The zero-order valence-electron chi connectivity index (χ0n) is 9.39. The molecule has 0 aliphatic heterocycles. The Labute approximate surface area is 88.2 Å². The molecule has 3 rings (SSSR count). The van der Waals surface area contributed by atoms with Gasteiger partial charge < -0.3 is 5.73 Å². The number of hydrogen-bond acceptors (Lipinski definition) is 1. The zero-order chi connectivity index (χ0) is 9.81. The summed E-state index contributed by atoms with van der Waals surface area (Å²) >= 11 is 0. The van der Waals surface area contributed by atoms with Crippen molar-refractivity contribution in [2.45, 2.75) is 63.2 Å². The predicted molar refractivity (Wildman–Crippen MR) is 62.1 cm³/mol. The summed E-state index contributed by atoms with van der Waals surface area (Å²) in [6.07, 6.45) is 11.6. The summed E-state index contributed by atoms with van der Waals surface area (Å²) in [5.74, 6) is 0.973. The standard InChI is InChI=1S/C12H22BN/c13-9-5-11-3-1-2-4-12(11,6-9)8-10(14)7-11/h9-10H,1-8,13-14H2. The van der Waals surface area contributed by atoms with E-state index in [-0.39, 0.29) is 0 Å². The fourth-order valence-corrected chi connectivity index (χ4v) is 5.38. The summed E-state index contributed by atoms with van der Waals surface area (Å²) in [7, 11) is 2.46. The van der Waals surface area contributed by atoms with E-state index in [2.05, 4.69) is 7.85 Å². The third-order valence-corrected chi connectivity index (χ3v) is 5.47. The van der Waals surface area contributed by atoms with Gasteiger partial charge in [-0.25, -0.2) is 0 Å². The third kappa shape index (κ3) is 1.01. The first-order valence-electron chi connectivity index (χ1n) is 6.41. The molecule has 3 saturated carbocycles. The molecule has 0 radical (unpaired) electrons. The van der Waals surface area contributed by atoms with Crippen molar-refractivity contribution in [3.8, 4) is 0 Å². The monoisotopic (exact) mass is 191 g/mol. The lowest BCUT2D eigenvalue weighted by Gasteiger charge is -2.45. The van der Waals surface area contributed by atoms with E-state index in [1.54, 1.807) is 0 Å². The highest BCUT2D eigenvalue weighted by molar-refractivity contribution is 6.11. The minimum absolute atomic E-state index is 0.528. The summed E-state index contributed by atoms with van der Waals surface area (Å²) in [6, 6.07) is 0.528. The van der Waals surface area contributed by atoms with Gasteiger partial charge in [0.1, 0.15) is 7.85 Å². The van der Waals surface area contributed by atoms with E-state index in [1.165, 1.54) is 51.4 Å². The molecule has 2 heteroatoms. The minimum atomic E-state index is 0.528. The molecule has 0 saturated heterocycles. The van der Waals surface area contributed by atoms with Gasteiger partial charge in [0, 0.05) is 6.04 Å². The number of nitrogens with two attached hydrogens (primary N) is 1. The van der Waals surface area contributed by atoms with Gasteiger partial charge in [0.15, 0.2) is 0 Å². The summed E-state index contributed by atoms with van der Waals surface area (Å²) in [6.45, 7) is 0. The normalized spacial score (nSPS) is 56.9. The van der Waals surface area contributed by atoms with Gasteiger partial charge in [-0.3, -0.25) is 0 Å². The van der Waals surface area contributed by atoms with E-state index in [0.29, 0.717) is 16.9 Å². The summed E-state index contributed by atoms with van der Waals surface area (Å²) < 4.78 is 0. The summed E-state index contributed by atoms with van der Waals surface area (Å²) in [5, 5.41) is 0. The van der Waals surface area contributed by atoms with Gasteiger partial charge in [0.25, 0.3) is 0 Å². The molecule has 0 aromatic rings. The van der Waals surface area contributed by atoms with Crippen LogP contribution >= 0.6 is 0 Å². The topological polar surface area (TPSA) is 26.0 Å². The van der Waals surface area contributed by atoms with Gasteiger partial charge in [-0.1, -0.05) is 31.5 Å². The number of hydrogen-bond donors (Lipinski definition) is 1. The molecule has 0 aromatic carbocycles. The van der Waals surface area contributed by atoms with E-state index in [4.69, 9.17) is 5.73 Å².